The van der Waals surface area contributed by atoms with E-state index in [1.54, 1.807) is 24.3 Å². The van der Waals surface area contributed by atoms with Gasteiger partial charge in [-0.2, -0.15) is 0 Å². The summed E-state index contributed by atoms with van der Waals surface area (Å²) in [7, 11) is 0. The number of nitrogens with one attached hydrogen (secondary N) is 1. The number of nitrogens with zero attached hydrogens (tertiary/aromatic N) is 1. The van der Waals surface area contributed by atoms with Crippen molar-refractivity contribution in [3.8, 4) is 0 Å². The third-order valence-electron chi connectivity index (χ3n) is 8.14. The van der Waals surface area contributed by atoms with E-state index in [-0.39, 0.29) is 23.3 Å². The van der Waals surface area contributed by atoms with Crippen molar-refractivity contribution in [1.29, 1.82) is 0 Å². The minimum Gasteiger partial charge on any atom is -0.349 e. The van der Waals surface area contributed by atoms with Gasteiger partial charge in [-0.15, -0.1) is 0 Å². The molecule has 0 aromatic heterocycles. The van der Waals surface area contributed by atoms with Crippen molar-refractivity contribution in [3.63, 3.8) is 0 Å². The minimum atomic E-state index is -0.849. The van der Waals surface area contributed by atoms with Crippen LogP contribution in [0.3, 0.4) is 0 Å². The highest BCUT2D eigenvalue weighted by Gasteiger charge is 2.53. The van der Waals surface area contributed by atoms with E-state index in [0.29, 0.717) is 35.3 Å². The summed E-state index contributed by atoms with van der Waals surface area (Å²) in [5, 5.41) is 3.40. The van der Waals surface area contributed by atoms with Crippen LogP contribution in [0.4, 0.5) is 0 Å². The Morgan fingerprint density at radius 3 is 1.88 bits per heavy atom. The second-order valence-corrected chi connectivity index (χ2v) is 10.4. The Kier molecular flexibility index (Phi) is 4.49. The predicted octanol–water partition coefficient (Wildman–Crippen LogP) is 3.98. The fourth-order valence-corrected chi connectivity index (χ4v) is 7.24. The second-order valence-electron chi connectivity index (χ2n) is 10.4. The summed E-state index contributed by atoms with van der Waals surface area (Å²) < 4.78 is 0. The molecule has 0 radical (unpaired) electrons. The summed E-state index contributed by atoms with van der Waals surface area (Å²) >= 11 is 0. The number of hydrogen-bond acceptors (Lipinski definition) is 3. The minimum absolute atomic E-state index is 0.167. The van der Waals surface area contributed by atoms with E-state index < -0.39 is 6.04 Å². The van der Waals surface area contributed by atoms with Gasteiger partial charge in [-0.05, 0) is 74.0 Å². The number of hydrogen-bond donors (Lipinski definition) is 1. The van der Waals surface area contributed by atoms with Gasteiger partial charge in [-0.3, -0.25) is 19.3 Å². The van der Waals surface area contributed by atoms with Gasteiger partial charge in [0.05, 0.1) is 11.1 Å². The Morgan fingerprint density at radius 2 is 1.34 bits per heavy atom. The van der Waals surface area contributed by atoms with Crippen LogP contribution in [0.25, 0.3) is 0 Å². The number of benzene rings is 2. The van der Waals surface area contributed by atoms with E-state index in [0.717, 1.165) is 24.8 Å². The summed E-state index contributed by atoms with van der Waals surface area (Å²) in [6.45, 7) is 0. The molecule has 7 rings (SSSR count). The average molecular weight is 429 g/mol. The van der Waals surface area contributed by atoms with E-state index in [1.807, 2.05) is 30.3 Å². The lowest BCUT2D eigenvalue weighted by Crippen LogP contribution is -2.63. The van der Waals surface area contributed by atoms with E-state index in [4.69, 9.17) is 0 Å². The first-order chi connectivity index (χ1) is 15.5. The van der Waals surface area contributed by atoms with E-state index in [2.05, 4.69) is 5.32 Å². The van der Waals surface area contributed by atoms with E-state index in [1.165, 1.54) is 24.2 Å². The van der Waals surface area contributed by atoms with Crippen LogP contribution >= 0.6 is 0 Å². The molecule has 4 fully saturated rings. The molecule has 32 heavy (non-hydrogen) atoms. The Labute approximate surface area is 188 Å². The summed E-state index contributed by atoms with van der Waals surface area (Å²) in [5.74, 6) is 1.18. The molecule has 5 aliphatic rings. The molecule has 2 aromatic carbocycles. The lowest BCUT2D eigenvalue weighted by molar-refractivity contribution is -0.130. The molecular weight excluding hydrogens is 400 g/mol. The molecule has 5 nitrogen and oxygen atoms in total. The van der Waals surface area contributed by atoms with Gasteiger partial charge in [-0.25, -0.2) is 0 Å². The Morgan fingerprint density at radius 1 is 0.844 bits per heavy atom. The maximum Gasteiger partial charge on any atom is 0.262 e. The van der Waals surface area contributed by atoms with Gasteiger partial charge in [-0.1, -0.05) is 42.5 Å². The van der Waals surface area contributed by atoms with Crippen LogP contribution in [0, 0.1) is 17.8 Å². The second kappa shape index (κ2) is 7.29. The number of fused-ring (bicyclic) bond motifs is 1. The molecule has 1 heterocycles. The number of rotatable bonds is 5. The molecule has 1 aliphatic heterocycles. The first-order valence-electron chi connectivity index (χ1n) is 11.8. The Balaban J connectivity index is 1.32. The van der Waals surface area contributed by atoms with Crippen LogP contribution < -0.4 is 5.32 Å². The van der Waals surface area contributed by atoms with Gasteiger partial charge in [0, 0.05) is 12.0 Å². The fourth-order valence-electron chi connectivity index (χ4n) is 7.24. The number of carbonyl (C=O) groups excluding carboxylic acids is 3. The van der Waals surface area contributed by atoms with Crippen molar-refractivity contribution in [2.24, 2.45) is 17.8 Å². The molecule has 3 amide bonds. The normalized spacial score (nSPS) is 31.0. The molecule has 0 spiro atoms. The van der Waals surface area contributed by atoms with Crippen LogP contribution in [-0.4, -0.2) is 34.2 Å². The average Bonchev–Trinajstić information content (AvgIpc) is 3.02. The van der Waals surface area contributed by atoms with Crippen LogP contribution in [0.1, 0.15) is 64.8 Å². The van der Waals surface area contributed by atoms with Crippen LogP contribution in [-0.2, 0) is 11.2 Å². The standard InChI is InChI=1S/C27H28N2O3/c30-24(28-27-14-18-10-19(15-27)12-20(11-18)16-27)23(13-17-6-2-1-3-7-17)29-25(31)21-8-4-5-9-22(21)26(29)32/h1-9,18-20,23H,10-16H2,(H,28,30)/t18?,19?,20?,23-,27?/m1/s1. The van der Waals surface area contributed by atoms with Gasteiger partial charge < -0.3 is 5.32 Å². The lowest BCUT2D eigenvalue weighted by Gasteiger charge is -2.57. The topological polar surface area (TPSA) is 66.5 Å². The fraction of sp³-hybridized carbons (Fsp3) is 0.444. The van der Waals surface area contributed by atoms with Gasteiger partial charge in [0.1, 0.15) is 6.04 Å². The molecular formula is C27H28N2O3. The van der Waals surface area contributed by atoms with E-state index in [9.17, 15) is 14.4 Å². The van der Waals surface area contributed by atoms with E-state index >= 15 is 0 Å². The molecule has 0 unspecified atom stereocenters. The number of amides is 3. The van der Waals surface area contributed by atoms with Crippen LogP contribution in [0.5, 0.6) is 0 Å². The maximum absolute atomic E-state index is 13.8. The Hall–Kier alpha value is -2.95. The van der Waals surface area contributed by atoms with Crippen molar-refractivity contribution in [2.75, 3.05) is 0 Å². The van der Waals surface area contributed by atoms with Crippen molar-refractivity contribution < 1.29 is 14.4 Å². The zero-order valence-corrected chi connectivity index (χ0v) is 18.1. The summed E-state index contributed by atoms with van der Waals surface area (Å²) in [6.07, 6.45) is 7.30. The number of carbonyl (C=O) groups is 3. The smallest absolute Gasteiger partial charge is 0.262 e. The summed E-state index contributed by atoms with van der Waals surface area (Å²) in [6, 6.07) is 15.7. The highest BCUT2D eigenvalue weighted by atomic mass is 16.2. The first kappa shape index (κ1) is 19.7. The van der Waals surface area contributed by atoms with Crippen molar-refractivity contribution in [2.45, 2.75) is 56.5 Å². The third kappa shape index (κ3) is 3.17. The van der Waals surface area contributed by atoms with Crippen LogP contribution in [0.15, 0.2) is 54.6 Å². The monoisotopic (exact) mass is 428 g/mol. The largest absolute Gasteiger partial charge is 0.349 e. The molecule has 5 heteroatoms. The molecule has 4 saturated carbocycles. The molecule has 4 aliphatic carbocycles. The maximum atomic E-state index is 13.8. The molecule has 4 bridgehead atoms. The highest BCUT2D eigenvalue weighted by molar-refractivity contribution is 6.22. The molecule has 164 valence electrons. The van der Waals surface area contributed by atoms with Crippen molar-refractivity contribution in [3.05, 3.63) is 71.3 Å². The molecule has 0 saturated heterocycles. The number of imide groups is 1. The predicted molar refractivity (Wildman–Crippen MR) is 120 cm³/mol. The molecule has 2 aromatic rings. The third-order valence-corrected chi connectivity index (χ3v) is 8.14. The quantitative estimate of drug-likeness (QED) is 0.733. The summed E-state index contributed by atoms with van der Waals surface area (Å²) in [5.41, 5.74) is 1.55. The van der Waals surface area contributed by atoms with Gasteiger partial charge in [0.15, 0.2) is 0 Å². The molecule has 1 N–H and O–H groups in total. The summed E-state index contributed by atoms with van der Waals surface area (Å²) in [4.78, 5) is 41.5. The SMILES string of the molecule is O=C(NC12CC3CC(CC(C3)C1)C2)[C@@H](Cc1ccccc1)N1C(=O)c2ccccc2C1=O. The van der Waals surface area contributed by atoms with Gasteiger partial charge >= 0.3 is 0 Å². The lowest BCUT2D eigenvalue weighted by atomic mass is 9.53. The zero-order chi connectivity index (χ0) is 21.9. The zero-order valence-electron chi connectivity index (χ0n) is 18.1. The first-order valence-corrected chi connectivity index (χ1v) is 11.8. The molecule has 1 atom stereocenters. The van der Waals surface area contributed by atoms with Crippen molar-refractivity contribution in [1.82, 2.24) is 10.2 Å². The van der Waals surface area contributed by atoms with Crippen molar-refractivity contribution >= 4 is 17.7 Å². The Bertz CT molecular complexity index is 1020. The van der Waals surface area contributed by atoms with Gasteiger partial charge in [0.2, 0.25) is 5.91 Å². The van der Waals surface area contributed by atoms with Gasteiger partial charge in [0.25, 0.3) is 11.8 Å². The highest BCUT2D eigenvalue weighted by Crippen LogP contribution is 2.55. The van der Waals surface area contributed by atoms with Crippen LogP contribution in [0.2, 0.25) is 0 Å².